The third kappa shape index (κ3) is 50.9. The molecule has 1 unspecified atom stereocenters. The lowest BCUT2D eigenvalue weighted by Gasteiger charge is -2.15. The first-order valence-electron chi connectivity index (χ1n) is 26.1. The number of carbonyl (C=O) groups is 2. The van der Waals surface area contributed by atoms with E-state index in [1.165, 1.54) is 83.5 Å². The highest BCUT2D eigenvalue weighted by Gasteiger charge is 2.16. The molecular weight excluding hydrogens is 789 g/mol. The summed E-state index contributed by atoms with van der Waals surface area (Å²) in [6.45, 7) is 3.99. The number of esters is 2. The van der Waals surface area contributed by atoms with E-state index in [2.05, 4.69) is 135 Å². The van der Waals surface area contributed by atoms with Gasteiger partial charge in [0, 0.05) is 12.8 Å². The van der Waals surface area contributed by atoms with Gasteiger partial charge in [0.25, 0.3) is 0 Å². The zero-order valence-corrected chi connectivity index (χ0v) is 41.2. The SMILES string of the molecule is CC/C=C\C/C=C\C/C=C\C/C=C\C/C=C\C/C=C\C/C=C\C/C=C\C/C=C\CCCCCCCCCCCC(=O)OC(CO)COC(=O)CCCCCCC/C=C\CCCCCC. The number of aliphatic hydroxyl groups excluding tert-OH is 1. The summed E-state index contributed by atoms with van der Waals surface area (Å²) in [7, 11) is 0. The quantitative estimate of drug-likeness (QED) is 0.0375. The molecule has 0 aliphatic rings. The summed E-state index contributed by atoms with van der Waals surface area (Å²) in [5, 5.41) is 9.60. The summed E-state index contributed by atoms with van der Waals surface area (Å²) in [4.78, 5) is 24.4. The molecule has 0 heterocycles. The van der Waals surface area contributed by atoms with Gasteiger partial charge in [0.05, 0.1) is 6.61 Å². The molecule has 0 spiro atoms. The van der Waals surface area contributed by atoms with Crippen LogP contribution < -0.4 is 0 Å². The Morgan fingerprint density at radius 2 is 0.672 bits per heavy atom. The number of hydrogen-bond donors (Lipinski definition) is 1. The van der Waals surface area contributed by atoms with Gasteiger partial charge in [-0.3, -0.25) is 9.59 Å². The first-order chi connectivity index (χ1) is 31.6. The molecule has 0 saturated heterocycles. The van der Waals surface area contributed by atoms with Crippen molar-refractivity contribution in [3.63, 3.8) is 0 Å². The van der Waals surface area contributed by atoms with E-state index in [1.54, 1.807) is 0 Å². The molecule has 5 nitrogen and oxygen atoms in total. The number of ether oxygens (including phenoxy) is 2. The minimum Gasteiger partial charge on any atom is -0.462 e. The molecule has 0 aromatic heterocycles. The molecule has 0 radical (unpaired) electrons. The van der Waals surface area contributed by atoms with Crippen molar-refractivity contribution in [2.45, 2.75) is 225 Å². The lowest BCUT2D eigenvalue weighted by molar-refractivity contribution is -0.161. The lowest BCUT2D eigenvalue weighted by Crippen LogP contribution is -2.28. The van der Waals surface area contributed by atoms with Crippen molar-refractivity contribution < 1.29 is 24.2 Å². The maximum absolute atomic E-state index is 12.3. The Balaban J connectivity index is 3.60. The molecule has 0 aliphatic heterocycles. The van der Waals surface area contributed by atoms with Gasteiger partial charge in [-0.15, -0.1) is 0 Å². The van der Waals surface area contributed by atoms with Gasteiger partial charge in [0.2, 0.25) is 0 Å². The molecule has 0 amide bonds. The van der Waals surface area contributed by atoms with Gasteiger partial charge >= 0.3 is 11.9 Å². The van der Waals surface area contributed by atoms with E-state index in [0.29, 0.717) is 12.8 Å². The first-order valence-corrected chi connectivity index (χ1v) is 26.1. The molecule has 0 bridgehead atoms. The zero-order chi connectivity index (χ0) is 46.3. The minimum atomic E-state index is -0.785. The van der Waals surface area contributed by atoms with Gasteiger partial charge < -0.3 is 14.6 Å². The van der Waals surface area contributed by atoms with Gasteiger partial charge in [-0.25, -0.2) is 0 Å². The third-order valence-corrected chi connectivity index (χ3v) is 10.7. The predicted octanol–water partition coefficient (Wildman–Crippen LogP) is 17.5. The van der Waals surface area contributed by atoms with E-state index in [9.17, 15) is 14.7 Å². The van der Waals surface area contributed by atoms with Crippen LogP contribution in [0.25, 0.3) is 0 Å². The molecule has 1 atom stereocenters. The Hall–Kier alpha value is -3.70. The number of carbonyl (C=O) groups excluding carboxylic acids is 2. The summed E-state index contributed by atoms with van der Waals surface area (Å²) in [5.74, 6) is -0.614. The smallest absolute Gasteiger partial charge is 0.306 e. The van der Waals surface area contributed by atoms with Gasteiger partial charge in [-0.2, -0.15) is 0 Å². The predicted molar refractivity (Wildman–Crippen MR) is 278 cm³/mol. The Morgan fingerprint density at radius 3 is 1.03 bits per heavy atom. The highest BCUT2D eigenvalue weighted by molar-refractivity contribution is 5.70. The minimum absolute atomic E-state index is 0.0781. The van der Waals surface area contributed by atoms with E-state index >= 15 is 0 Å². The van der Waals surface area contributed by atoms with Crippen molar-refractivity contribution in [3.05, 3.63) is 122 Å². The zero-order valence-electron chi connectivity index (χ0n) is 41.2. The van der Waals surface area contributed by atoms with Crippen molar-refractivity contribution in [3.8, 4) is 0 Å². The number of allylic oxidation sites excluding steroid dienone is 20. The van der Waals surface area contributed by atoms with Crippen molar-refractivity contribution in [2.24, 2.45) is 0 Å². The van der Waals surface area contributed by atoms with E-state index in [4.69, 9.17) is 9.47 Å². The number of rotatable bonds is 46. The molecule has 0 fully saturated rings. The van der Waals surface area contributed by atoms with Crippen LogP contribution in [0.2, 0.25) is 0 Å². The van der Waals surface area contributed by atoms with Crippen LogP contribution in [0, 0.1) is 0 Å². The molecule has 1 N–H and O–H groups in total. The Morgan fingerprint density at radius 1 is 0.375 bits per heavy atom. The second-order valence-electron chi connectivity index (χ2n) is 16.9. The molecule has 0 saturated carbocycles. The molecule has 0 aromatic rings. The van der Waals surface area contributed by atoms with E-state index in [-0.39, 0.29) is 25.2 Å². The van der Waals surface area contributed by atoms with Crippen LogP contribution in [0.1, 0.15) is 219 Å². The maximum Gasteiger partial charge on any atom is 0.306 e. The van der Waals surface area contributed by atoms with Crippen molar-refractivity contribution in [1.29, 1.82) is 0 Å². The largest absolute Gasteiger partial charge is 0.462 e. The van der Waals surface area contributed by atoms with Crippen LogP contribution in [-0.4, -0.2) is 36.4 Å². The normalized spacial score (nSPS) is 13.2. The standard InChI is InChI=1S/C59H96O5/c1-3-5-7-9-11-13-15-17-18-19-20-21-22-23-24-25-26-27-28-29-30-31-32-33-34-35-36-37-38-39-40-42-44-46-48-50-52-54-59(62)64-57(55-60)56-63-58(61)53-51-49-47-45-43-41-16-14-12-10-8-6-4-2/h5,7,11,13-14,16-18,20-21,23-24,26-27,29-30,32-33,35-36,57,60H,3-4,6,8-10,12,15,19,22,25,28,31,34,37-56H2,1-2H3/b7-5-,13-11-,16-14-,18-17-,21-20-,24-23-,27-26-,30-29-,33-32-,36-35-. The molecule has 64 heavy (non-hydrogen) atoms. The fourth-order valence-electron chi connectivity index (χ4n) is 6.84. The first kappa shape index (κ1) is 60.3. The van der Waals surface area contributed by atoms with Gasteiger partial charge in [0.1, 0.15) is 6.61 Å². The van der Waals surface area contributed by atoms with E-state index < -0.39 is 6.10 Å². The summed E-state index contributed by atoms with van der Waals surface area (Å²) < 4.78 is 10.6. The fourth-order valence-corrected chi connectivity index (χ4v) is 6.84. The van der Waals surface area contributed by atoms with Crippen molar-refractivity contribution >= 4 is 11.9 Å². The van der Waals surface area contributed by atoms with Crippen LogP contribution in [-0.2, 0) is 19.1 Å². The summed E-state index contributed by atoms with van der Waals surface area (Å²) in [6.07, 6.45) is 78.7. The van der Waals surface area contributed by atoms with Crippen molar-refractivity contribution in [1.82, 2.24) is 0 Å². The van der Waals surface area contributed by atoms with Crippen LogP contribution in [0.3, 0.4) is 0 Å². The Kier molecular flexibility index (Phi) is 50.5. The summed E-state index contributed by atoms with van der Waals surface area (Å²) in [6, 6.07) is 0. The molecule has 0 aromatic carbocycles. The van der Waals surface area contributed by atoms with Crippen LogP contribution in [0.5, 0.6) is 0 Å². The van der Waals surface area contributed by atoms with E-state index in [1.807, 2.05) is 0 Å². The monoisotopic (exact) mass is 885 g/mol. The van der Waals surface area contributed by atoms with Gasteiger partial charge in [0.15, 0.2) is 6.10 Å². The van der Waals surface area contributed by atoms with Crippen LogP contribution >= 0.6 is 0 Å². The van der Waals surface area contributed by atoms with E-state index in [0.717, 1.165) is 109 Å². The summed E-state index contributed by atoms with van der Waals surface area (Å²) in [5.41, 5.74) is 0. The maximum atomic E-state index is 12.3. The lowest BCUT2D eigenvalue weighted by atomic mass is 10.1. The number of unbranched alkanes of at least 4 members (excludes halogenated alkanes) is 18. The van der Waals surface area contributed by atoms with Crippen LogP contribution in [0.15, 0.2) is 122 Å². The molecule has 0 rings (SSSR count). The van der Waals surface area contributed by atoms with Gasteiger partial charge in [-0.05, 0) is 109 Å². The average molecular weight is 885 g/mol. The fraction of sp³-hybridized carbons (Fsp3) is 0.627. The third-order valence-electron chi connectivity index (χ3n) is 10.7. The Bertz CT molecular complexity index is 1320. The van der Waals surface area contributed by atoms with Gasteiger partial charge in [-0.1, -0.05) is 219 Å². The molecule has 5 heteroatoms. The second kappa shape index (κ2) is 53.6. The number of aliphatic hydroxyl groups is 1. The van der Waals surface area contributed by atoms with Crippen LogP contribution in [0.4, 0.5) is 0 Å². The molecule has 362 valence electrons. The van der Waals surface area contributed by atoms with Crippen molar-refractivity contribution in [2.75, 3.05) is 13.2 Å². The highest BCUT2D eigenvalue weighted by atomic mass is 16.6. The molecule has 0 aliphatic carbocycles. The molecular formula is C59H96O5. The topological polar surface area (TPSA) is 72.8 Å². The summed E-state index contributed by atoms with van der Waals surface area (Å²) >= 11 is 0. The second-order valence-corrected chi connectivity index (χ2v) is 16.9. The average Bonchev–Trinajstić information content (AvgIpc) is 3.30. The highest BCUT2D eigenvalue weighted by Crippen LogP contribution is 2.13. The number of hydrogen-bond acceptors (Lipinski definition) is 5. The Labute approximate surface area is 394 Å².